The molecule has 3 unspecified atom stereocenters. The number of thiazole rings is 1. The van der Waals surface area contributed by atoms with Crippen molar-refractivity contribution in [1.82, 2.24) is 15.2 Å². The molecule has 136 valence electrons. The molecule has 1 fully saturated rings. The fourth-order valence-corrected chi connectivity index (χ4v) is 4.01. The smallest absolute Gasteiger partial charge is 0.222 e. The summed E-state index contributed by atoms with van der Waals surface area (Å²) in [6.07, 6.45) is 3.10. The first-order valence-corrected chi connectivity index (χ1v) is 9.89. The van der Waals surface area contributed by atoms with Crippen LogP contribution in [-0.4, -0.2) is 42.5 Å². The first kappa shape index (κ1) is 19.3. The van der Waals surface area contributed by atoms with Crippen molar-refractivity contribution in [3.8, 4) is 0 Å². The van der Waals surface area contributed by atoms with E-state index in [2.05, 4.69) is 17.2 Å². The number of nitrogens with one attached hydrogen (secondary N) is 1. The summed E-state index contributed by atoms with van der Waals surface area (Å²) >= 11 is 1.61. The third-order valence-electron chi connectivity index (χ3n) is 4.80. The van der Waals surface area contributed by atoms with Gasteiger partial charge in [-0.1, -0.05) is 6.92 Å². The van der Waals surface area contributed by atoms with Crippen LogP contribution >= 0.6 is 11.3 Å². The van der Waals surface area contributed by atoms with Gasteiger partial charge in [0.15, 0.2) is 0 Å². The van der Waals surface area contributed by atoms with Gasteiger partial charge in [0, 0.05) is 25.5 Å². The van der Waals surface area contributed by atoms with Crippen LogP contribution in [-0.2, 0) is 16.1 Å². The maximum atomic E-state index is 12.5. The lowest BCUT2D eigenvalue weighted by atomic mass is 9.85. The second-order valence-corrected chi connectivity index (χ2v) is 7.70. The van der Waals surface area contributed by atoms with Crippen LogP contribution in [0.5, 0.6) is 0 Å². The summed E-state index contributed by atoms with van der Waals surface area (Å²) in [5.74, 6) is 1.26. The molecular formula is C18H31N3O2S. The van der Waals surface area contributed by atoms with Gasteiger partial charge in [-0.3, -0.25) is 4.79 Å². The second kappa shape index (κ2) is 9.49. The van der Waals surface area contributed by atoms with Gasteiger partial charge in [-0.25, -0.2) is 4.98 Å². The van der Waals surface area contributed by atoms with Crippen LogP contribution in [0.3, 0.4) is 0 Å². The van der Waals surface area contributed by atoms with Gasteiger partial charge in [-0.05, 0) is 51.6 Å². The highest BCUT2D eigenvalue weighted by Crippen LogP contribution is 2.24. The zero-order valence-electron chi connectivity index (χ0n) is 15.4. The SMILES string of the molecule is CCOC(C)c1nc(CN(C)C(=O)CC(C)C2CCCNC2)cs1. The van der Waals surface area contributed by atoms with E-state index in [0.29, 0.717) is 31.4 Å². The van der Waals surface area contributed by atoms with Crippen LogP contribution in [0.15, 0.2) is 5.38 Å². The second-order valence-electron chi connectivity index (χ2n) is 6.81. The lowest BCUT2D eigenvalue weighted by Crippen LogP contribution is -2.36. The first-order valence-electron chi connectivity index (χ1n) is 9.01. The third-order valence-corrected chi connectivity index (χ3v) is 5.85. The Morgan fingerprint density at radius 1 is 1.54 bits per heavy atom. The standard InChI is InChI=1S/C18H31N3O2S/c1-5-23-14(3)18-20-16(12-24-18)11-21(4)17(22)9-13(2)15-7-6-8-19-10-15/h12-15,19H,5-11H2,1-4H3. The van der Waals surface area contributed by atoms with Crippen LogP contribution in [0, 0.1) is 11.8 Å². The molecule has 1 aliphatic rings. The van der Waals surface area contributed by atoms with E-state index in [-0.39, 0.29) is 12.0 Å². The number of carbonyl (C=O) groups is 1. The number of rotatable bonds is 8. The van der Waals surface area contributed by atoms with Gasteiger partial charge in [0.25, 0.3) is 0 Å². The van der Waals surface area contributed by atoms with E-state index in [1.807, 2.05) is 26.3 Å². The van der Waals surface area contributed by atoms with E-state index in [0.717, 1.165) is 23.8 Å². The summed E-state index contributed by atoms with van der Waals surface area (Å²) in [6, 6.07) is 0. The van der Waals surface area contributed by atoms with Crippen molar-refractivity contribution in [2.45, 2.75) is 52.7 Å². The lowest BCUT2D eigenvalue weighted by Gasteiger charge is -2.29. The number of hydrogen-bond donors (Lipinski definition) is 1. The Labute approximate surface area is 149 Å². The number of piperidine rings is 1. The maximum Gasteiger partial charge on any atom is 0.222 e. The van der Waals surface area contributed by atoms with E-state index in [4.69, 9.17) is 4.74 Å². The topological polar surface area (TPSA) is 54.5 Å². The molecule has 1 aromatic heterocycles. The van der Waals surface area contributed by atoms with Crippen LogP contribution in [0.4, 0.5) is 0 Å². The van der Waals surface area contributed by atoms with Gasteiger partial charge in [-0.2, -0.15) is 0 Å². The molecule has 0 spiro atoms. The lowest BCUT2D eigenvalue weighted by molar-refractivity contribution is -0.131. The van der Waals surface area contributed by atoms with E-state index in [9.17, 15) is 4.79 Å². The predicted molar refractivity (Wildman–Crippen MR) is 98.0 cm³/mol. The van der Waals surface area contributed by atoms with Gasteiger partial charge >= 0.3 is 0 Å². The molecule has 1 N–H and O–H groups in total. The normalized spacial score (nSPS) is 20.6. The van der Waals surface area contributed by atoms with E-state index >= 15 is 0 Å². The summed E-state index contributed by atoms with van der Waals surface area (Å²) in [4.78, 5) is 18.9. The number of hydrogen-bond acceptors (Lipinski definition) is 5. The molecule has 0 saturated carbocycles. The molecule has 0 radical (unpaired) electrons. The molecule has 2 heterocycles. The Hall–Kier alpha value is -0.980. The number of carbonyl (C=O) groups excluding carboxylic acids is 1. The highest BCUT2D eigenvalue weighted by molar-refractivity contribution is 7.09. The molecule has 3 atom stereocenters. The summed E-state index contributed by atoms with van der Waals surface area (Å²) in [6.45, 7) is 9.62. The summed E-state index contributed by atoms with van der Waals surface area (Å²) < 4.78 is 5.57. The average molecular weight is 354 g/mol. The Bertz CT molecular complexity index is 514. The first-order chi connectivity index (χ1) is 11.5. The monoisotopic (exact) mass is 353 g/mol. The highest BCUT2D eigenvalue weighted by atomic mass is 32.1. The molecule has 0 bridgehead atoms. The fraction of sp³-hybridized carbons (Fsp3) is 0.778. The van der Waals surface area contributed by atoms with Gasteiger partial charge < -0.3 is 15.0 Å². The van der Waals surface area contributed by atoms with Crippen molar-refractivity contribution in [3.05, 3.63) is 16.1 Å². The van der Waals surface area contributed by atoms with Crippen molar-refractivity contribution in [2.75, 3.05) is 26.7 Å². The van der Waals surface area contributed by atoms with Crippen molar-refractivity contribution in [3.63, 3.8) is 0 Å². The number of amides is 1. The molecule has 6 heteroatoms. The molecule has 24 heavy (non-hydrogen) atoms. The van der Waals surface area contributed by atoms with Crippen molar-refractivity contribution in [2.24, 2.45) is 11.8 Å². The molecule has 1 amide bonds. The van der Waals surface area contributed by atoms with E-state index in [1.54, 1.807) is 16.2 Å². The van der Waals surface area contributed by atoms with Crippen LogP contribution in [0.1, 0.15) is 56.8 Å². The Morgan fingerprint density at radius 3 is 3.00 bits per heavy atom. The van der Waals surface area contributed by atoms with Crippen LogP contribution < -0.4 is 5.32 Å². The van der Waals surface area contributed by atoms with Gasteiger partial charge in [0.1, 0.15) is 11.1 Å². The van der Waals surface area contributed by atoms with Gasteiger partial charge in [0.2, 0.25) is 5.91 Å². The Kier molecular flexibility index (Phi) is 7.65. The number of ether oxygens (including phenoxy) is 1. The summed E-state index contributed by atoms with van der Waals surface area (Å²) in [5.41, 5.74) is 0.949. The molecular weight excluding hydrogens is 322 g/mol. The average Bonchev–Trinajstić information content (AvgIpc) is 3.04. The van der Waals surface area contributed by atoms with Crippen molar-refractivity contribution < 1.29 is 9.53 Å². The van der Waals surface area contributed by atoms with Gasteiger partial charge in [0.05, 0.1) is 12.2 Å². The van der Waals surface area contributed by atoms with Crippen LogP contribution in [0.2, 0.25) is 0 Å². The minimum atomic E-state index is 0.0218. The Balaban J connectivity index is 1.82. The van der Waals surface area contributed by atoms with E-state index < -0.39 is 0 Å². The third kappa shape index (κ3) is 5.53. The minimum absolute atomic E-state index is 0.0218. The molecule has 0 aromatic carbocycles. The van der Waals surface area contributed by atoms with Crippen LogP contribution in [0.25, 0.3) is 0 Å². The maximum absolute atomic E-state index is 12.5. The molecule has 2 rings (SSSR count). The van der Waals surface area contributed by atoms with E-state index in [1.165, 1.54) is 12.8 Å². The zero-order chi connectivity index (χ0) is 17.5. The summed E-state index contributed by atoms with van der Waals surface area (Å²) in [5, 5.41) is 6.45. The van der Waals surface area contributed by atoms with Gasteiger partial charge in [-0.15, -0.1) is 11.3 Å². The number of nitrogens with zero attached hydrogens (tertiary/aromatic N) is 2. The molecule has 1 aliphatic heterocycles. The Morgan fingerprint density at radius 2 is 2.33 bits per heavy atom. The largest absolute Gasteiger partial charge is 0.372 e. The van der Waals surface area contributed by atoms with Crippen molar-refractivity contribution >= 4 is 17.2 Å². The summed E-state index contributed by atoms with van der Waals surface area (Å²) in [7, 11) is 1.87. The molecule has 1 saturated heterocycles. The molecule has 5 nitrogen and oxygen atoms in total. The zero-order valence-corrected chi connectivity index (χ0v) is 16.2. The van der Waals surface area contributed by atoms with Crippen molar-refractivity contribution in [1.29, 1.82) is 0 Å². The molecule has 1 aromatic rings. The molecule has 0 aliphatic carbocycles. The highest BCUT2D eigenvalue weighted by Gasteiger charge is 2.23. The number of aromatic nitrogens is 1. The quantitative estimate of drug-likeness (QED) is 0.780. The fourth-order valence-electron chi connectivity index (χ4n) is 3.20. The minimum Gasteiger partial charge on any atom is -0.372 e. The predicted octanol–water partition coefficient (Wildman–Crippen LogP) is 3.22.